The number of carbonyl (C=O) groups is 2. The number of alkyl halides is 1. The maximum atomic E-state index is 16.8. The number of fused-ring (bicyclic) bond motifs is 5. The third kappa shape index (κ3) is 2.25. The van der Waals surface area contributed by atoms with Gasteiger partial charge in [-0.3, -0.25) is 4.79 Å². The van der Waals surface area contributed by atoms with E-state index in [2.05, 4.69) is 0 Å². The average Bonchev–Trinajstić information content (AvgIpc) is 2.86. The molecule has 28 heavy (non-hydrogen) atoms. The van der Waals surface area contributed by atoms with Crippen LogP contribution in [0.2, 0.25) is 0 Å². The van der Waals surface area contributed by atoms with Gasteiger partial charge in [-0.1, -0.05) is 25.5 Å². The summed E-state index contributed by atoms with van der Waals surface area (Å²) in [4.78, 5) is 23.3. The van der Waals surface area contributed by atoms with E-state index in [1.165, 1.54) is 12.2 Å². The predicted molar refractivity (Wildman–Crippen MR) is 100 cm³/mol. The van der Waals surface area contributed by atoms with Crippen LogP contribution in [0.4, 0.5) is 4.39 Å². The molecule has 3 N–H and O–H groups in total. The van der Waals surface area contributed by atoms with E-state index < -0.39 is 46.5 Å². The van der Waals surface area contributed by atoms with Gasteiger partial charge in [0.15, 0.2) is 17.6 Å². The van der Waals surface area contributed by atoms with Gasteiger partial charge in [-0.25, -0.2) is 9.18 Å². The molecule has 0 bridgehead atoms. The third-order valence-corrected chi connectivity index (χ3v) is 8.67. The largest absolute Gasteiger partial charge is 0.479 e. The van der Waals surface area contributed by atoms with Crippen LogP contribution in [0.3, 0.4) is 0 Å². The molecule has 4 rings (SSSR count). The summed E-state index contributed by atoms with van der Waals surface area (Å²) < 4.78 is 16.8. The van der Waals surface area contributed by atoms with Gasteiger partial charge in [0.25, 0.3) is 0 Å². The number of hydrogen-bond acceptors (Lipinski definition) is 4. The van der Waals surface area contributed by atoms with Crippen LogP contribution in [0.15, 0.2) is 23.8 Å². The zero-order chi connectivity index (χ0) is 20.6. The van der Waals surface area contributed by atoms with Crippen molar-refractivity contribution in [2.24, 2.45) is 34.5 Å². The van der Waals surface area contributed by atoms with Crippen molar-refractivity contribution in [2.45, 2.75) is 64.3 Å². The summed E-state index contributed by atoms with van der Waals surface area (Å²) in [5, 5.41) is 30.9. The van der Waals surface area contributed by atoms with Gasteiger partial charge in [0.2, 0.25) is 0 Å². The zero-order valence-electron chi connectivity index (χ0n) is 16.6. The maximum Gasteiger partial charge on any atom is 0.332 e. The lowest BCUT2D eigenvalue weighted by Crippen LogP contribution is -2.67. The van der Waals surface area contributed by atoms with Crippen molar-refractivity contribution >= 4 is 11.8 Å². The minimum atomic E-state index is -1.92. The molecule has 0 heterocycles. The molecule has 0 radical (unpaired) electrons. The second kappa shape index (κ2) is 5.99. The number of rotatable bonds is 2. The number of hydrogen-bond donors (Lipinski definition) is 3. The molecule has 1 unspecified atom stereocenters. The summed E-state index contributed by atoms with van der Waals surface area (Å²) in [7, 11) is 0. The highest BCUT2D eigenvalue weighted by Crippen LogP contribution is 2.70. The maximum absolute atomic E-state index is 16.8. The van der Waals surface area contributed by atoms with E-state index in [0.29, 0.717) is 19.3 Å². The average molecular weight is 392 g/mol. The summed E-state index contributed by atoms with van der Waals surface area (Å²) in [6.07, 6.45) is 3.53. The summed E-state index contributed by atoms with van der Waals surface area (Å²) >= 11 is 0. The molecule has 154 valence electrons. The molecule has 0 amide bonds. The minimum absolute atomic E-state index is 0.0797. The van der Waals surface area contributed by atoms with Crippen molar-refractivity contribution in [3.05, 3.63) is 23.8 Å². The first-order valence-electron chi connectivity index (χ1n) is 10.2. The van der Waals surface area contributed by atoms with Gasteiger partial charge in [-0.05, 0) is 62.0 Å². The first-order valence-corrected chi connectivity index (χ1v) is 10.2. The van der Waals surface area contributed by atoms with E-state index in [1.54, 1.807) is 13.0 Å². The molecule has 0 spiro atoms. The molecular formula is C22H29FO5. The number of carboxylic acid groups (broad SMARTS) is 1. The van der Waals surface area contributed by atoms with Crippen LogP contribution >= 0.6 is 0 Å². The van der Waals surface area contributed by atoms with Crippen LogP contribution in [0.1, 0.15) is 46.5 Å². The van der Waals surface area contributed by atoms with Crippen molar-refractivity contribution in [1.29, 1.82) is 0 Å². The molecule has 9 atom stereocenters. The number of aliphatic hydroxyl groups excluding tert-OH is 2. The Hall–Kier alpha value is -1.53. The normalized spacial score (nSPS) is 51.0. The molecule has 4 aliphatic rings. The summed E-state index contributed by atoms with van der Waals surface area (Å²) in [5.74, 6) is -2.59. The van der Waals surface area contributed by atoms with Crippen molar-refractivity contribution in [3.63, 3.8) is 0 Å². The Kier molecular flexibility index (Phi) is 4.23. The lowest BCUT2D eigenvalue weighted by Gasteiger charge is -2.62. The zero-order valence-corrected chi connectivity index (χ0v) is 16.6. The molecule has 5 nitrogen and oxygen atoms in total. The van der Waals surface area contributed by atoms with E-state index in [9.17, 15) is 24.9 Å². The van der Waals surface area contributed by atoms with Crippen molar-refractivity contribution in [2.75, 3.05) is 0 Å². The monoisotopic (exact) mass is 392 g/mol. The molecule has 3 saturated carbocycles. The van der Waals surface area contributed by atoms with Crippen molar-refractivity contribution in [3.8, 4) is 0 Å². The smallest absolute Gasteiger partial charge is 0.332 e. The van der Waals surface area contributed by atoms with E-state index in [4.69, 9.17) is 0 Å². The first-order chi connectivity index (χ1) is 13.0. The van der Waals surface area contributed by atoms with E-state index >= 15 is 4.39 Å². The second-order valence-electron chi connectivity index (χ2n) is 9.87. The number of carbonyl (C=O) groups excluding carboxylic acids is 1. The van der Waals surface area contributed by atoms with Crippen LogP contribution in [-0.4, -0.2) is 44.9 Å². The number of carboxylic acids is 1. The van der Waals surface area contributed by atoms with Crippen LogP contribution < -0.4 is 0 Å². The Morgan fingerprint density at radius 1 is 1.32 bits per heavy atom. The van der Waals surface area contributed by atoms with Gasteiger partial charge in [0, 0.05) is 17.3 Å². The molecule has 0 aromatic carbocycles. The fourth-order valence-electron chi connectivity index (χ4n) is 7.44. The fourth-order valence-corrected chi connectivity index (χ4v) is 7.44. The van der Waals surface area contributed by atoms with Gasteiger partial charge in [0.1, 0.15) is 0 Å². The van der Waals surface area contributed by atoms with Crippen LogP contribution in [0, 0.1) is 34.5 Å². The van der Waals surface area contributed by atoms with Gasteiger partial charge >= 0.3 is 5.97 Å². The number of ketones is 1. The van der Waals surface area contributed by atoms with Crippen LogP contribution in [0.5, 0.6) is 0 Å². The van der Waals surface area contributed by atoms with E-state index in [0.717, 1.165) is 5.57 Å². The lowest BCUT2D eigenvalue weighted by molar-refractivity contribution is -0.202. The Balaban J connectivity index is 1.79. The van der Waals surface area contributed by atoms with Crippen LogP contribution in [0.25, 0.3) is 0 Å². The minimum Gasteiger partial charge on any atom is -0.479 e. The standard InChI is InChI=1S/C22H29FO5/c1-11-8-15-14-5-4-12-9-13(24)6-7-21(12,3)22(14,23)16(25)10-20(15,2)17(11)18(26)19(27)28/h6-7,9,11,14-18,25-26H,4-5,8,10H2,1-3H3,(H,27,28)/t11-,14-,15-,16-,17-,18?,20-,21-,22-/m0/s1. The quantitative estimate of drug-likeness (QED) is 0.672. The summed E-state index contributed by atoms with van der Waals surface area (Å²) in [5.41, 5.74) is -2.88. The molecule has 3 fully saturated rings. The molecule has 0 saturated heterocycles. The van der Waals surface area contributed by atoms with Crippen LogP contribution in [-0.2, 0) is 9.59 Å². The molecule has 0 aromatic rings. The predicted octanol–water partition coefficient (Wildman–Crippen LogP) is 2.66. The Bertz CT molecular complexity index is 790. The number of halogens is 1. The highest BCUT2D eigenvalue weighted by atomic mass is 19.1. The van der Waals surface area contributed by atoms with E-state index in [1.807, 2.05) is 13.8 Å². The van der Waals surface area contributed by atoms with Crippen molar-refractivity contribution < 1.29 is 29.3 Å². The molecule has 0 aromatic heterocycles. The fraction of sp³-hybridized carbons (Fsp3) is 0.727. The van der Waals surface area contributed by atoms with E-state index in [-0.39, 0.29) is 24.0 Å². The SMILES string of the molecule is C[C@H]1C[C@H]2[C@@H]3CCC4=CC(=O)C=C[C@]4(C)[C@@]3(F)[C@@H](O)C[C@]2(C)[C@@H]1C(O)C(=O)O. The van der Waals surface area contributed by atoms with Gasteiger partial charge < -0.3 is 15.3 Å². The third-order valence-electron chi connectivity index (χ3n) is 8.67. The highest BCUT2D eigenvalue weighted by Gasteiger charge is 2.71. The van der Waals surface area contributed by atoms with Gasteiger partial charge in [-0.15, -0.1) is 0 Å². The Morgan fingerprint density at radius 2 is 2.00 bits per heavy atom. The summed E-state index contributed by atoms with van der Waals surface area (Å²) in [6.45, 7) is 5.60. The van der Waals surface area contributed by atoms with Gasteiger partial charge in [0.05, 0.1) is 6.10 Å². The molecule has 4 aliphatic carbocycles. The second-order valence-corrected chi connectivity index (χ2v) is 9.87. The first kappa shape index (κ1) is 19.8. The Labute approximate surface area is 164 Å². The number of allylic oxidation sites excluding steroid dienone is 4. The highest BCUT2D eigenvalue weighted by molar-refractivity contribution is 6.01. The molecule has 6 heteroatoms. The Morgan fingerprint density at radius 3 is 2.64 bits per heavy atom. The number of aliphatic hydroxyl groups is 2. The molecular weight excluding hydrogens is 363 g/mol. The topological polar surface area (TPSA) is 94.8 Å². The van der Waals surface area contributed by atoms with Gasteiger partial charge in [-0.2, -0.15) is 0 Å². The number of aliphatic carboxylic acids is 1. The molecule has 0 aliphatic heterocycles. The summed E-state index contributed by atoms with van der Waals surface area (Å²) in [6, 6.07) is 0. The lowest BCUT2D eigenvalue weighted by atomic mass is 9.45. The van der Waals surface area contributed by atoms with Crippen molar-refractivity contribution in [1.82, 2.24) is 0 Å².